The highest BCUT2D eigenvalue weighted by Crippen LogP contribution is 2.46. The molecule has 6 heterocycles. The van der Waals surface area contributed by atoms with Gasteiger partial charge in [0.2, 0.25) is 0 Å². The molecule has 542 valence electrons. The van der Waals surface area contributed by atoms with Gasteiger partial charge in [0.05, 0.1) is 17.0 Å². The Hall–Kier alpha value is -16.0. The molecule has 0 amide bonds. The van der Waals surface area contributed by atoms with E-state index in [-0.39, 0.29) is 0 Å². The van der Waals surface area contributed by atoms with Crippen LogP contribution in [0.15, 0.2) is 391 Å². The number of hydrogen-bond acceptors (Lipinski definition) is 13. The molecule has 0 saturated heterocycles. The van der Waals surface area contributed by atoms with E-state index in [0.717, 1.165) is 167 Å². The second kappa shape index (κ2) is 29.4. The Balaban J connectivity index is 0.643. The fraction of sp³-hybridized carbons (Fsp3) is 0. The van der Waals surface area contributed by atoms with Crippen LogP contribution < -0.4 is 0 Å². The third kappa shape index (κ3) is 13.0. The van der Waals surface area contributed by atoms with Gasteiger partial charge in [0, 0.05) is 82.7 Å². The molecule has 0 aliphatic heterocycles. The summed E-state index contributed by atoms with van der Waals surface area (Å²) in [5, 5.41) is 13.2. The molecule has 6 aromatic heterocycles. The van der Waals surface area contributed by atoms with Crippen molar-refractivity contribution < 1.29 is 8.83 Å². The largest absolute Gasteiger partial charge is 0.455 e. The second-order valence-corrected chi connectivity index (χ2v) is 28.5. The van der Waals surface area contributed by atoms with Crippen LogP contribution >= 0.6 is 0 Å². The number of fused-ring (bicyclic) bond motifs is 6. The fourth-order valence-electron chi connectivity index (χ4n) is 15.4. The quantitative estimate of drug-likeness (QED) is 0.0897. The van der Waals surface area contributed by atoms with Gasteiger partial charge in [-0.1, -0.05) is 328 Å². The summed E-state index contributed by atoms with van der Waals surface area (Å²) in [6.45, 7) is 0. The number of nitrogens with zero attached hydrogens (tertiary/aromatic N) is 11. The highest BCUT2D eigenvalue weighted by Gasteiger charge is 2.26. The summed E-state index contributed by atoms with van der Waals surface area (Å²) < 4.78 is 14.1. The van der Waals surface area contributed by atoms with Gasteiger partial charge in [-0.05, 0) is 105 Å². The van der Waals surface area contributed by atoms with E-state index in [1.54, 1.807) is 0 Å². The van der Waals surface area contributed by atoms with E-state index in [9.17, 15) is 0 Å². The van der Waals surface area contributed by atoms with Crippen molar-refractivity contribution in [1.29, 1.82) is 0 Å². The minimum Gasteiger partial charge on any atom is -0.455 e. The SMILES string of the molecule is c1ccc(-c2cccc(-c3nc(-c4ccccc4)nc(-c4c(-c5ccc(-c6nc(-c7ccccc7)nc(-c7cccc(-c8ccc9c(c8)oc8c(-c%10ccc(-c%11ccc(-c%12ccccc%12)nn%11)cc%10)c(-c%10ccc(-c%11nc(-c%12ccccc%12)nc(-c%12ccccc%12)n%11)cc%10)ccc89)c7)n6)cc5)ccc5c4oc4ccccc45)n3)c2)cc1. The van der Waals surface area contributed by atoms with Crippen LogP contribution in [0.2, 0.25) is 0 Å². The molecular weight excluding hydrogens is 1420 g/mol. The molecule has 0 bridgehead atoms. The predicted molar refractivity (Wildman–Crippen MR) is 464 cm³/mol. The van der Waals surface area contributed by atoms with Crippen LogP contribution in [-0.4, -0.2) is 55.1 Å². The molecule has 0 saturated carbocycles. The lowest BCUT2D eigenvalue weighted by Gasteiger charge is -2.14. The molecule has 13 heteroatoms. The van der Waals surface area contributed by atoms with Crippen LogP contribution in [0.4, 0.5) is 0 Å². The Morgan fingerprint density at radius 2 is 0.440 bits per heavy atom. The minimum atomic E-state index is 0.477. The number of hydrogen-bond donors (Lipinski definition) is 0. The lowest BCUT2D eigenvalue weighted by atomic mass is 9.91. The topological polar surface area (TPSA) is 168 Å². The molecule has 0 spiro atoms. The zero-order valence-electron chi connectivity index (χ0n) is 62.1. The summed E-state index contributed by atoms with van der Waals surface area (Å²) in [4.78, 5) is 46.7. The maximum Gasteiger partial charge on any atom is 0.168 e. The van der Waals surface area contributed by atoms with Crippen molar-refractivity contribution in [2.45, 2.75) is 0 Å². The molecule has 0 atom stereocenters. The van der Waals surface area contributed by atoms with E-state index < -0.39 is 0 Å². The Morgan fingerprint density at radius 1 is 0.155 bits per heavy atom. The second-order valence-electron chi connectivity index (χ2n) is 28.5. The fourth-order valence-corrected chi connectivity index (χ4v) is 15.4. The van der Waals surface area contributed by atoms with E-state index >= 15 is 0 Å². The maximum absolute atomic E-state index is 7.24. The monoisotopic (exact) mass is 1490 g/mol. The lowest BCUT2D eigenvalue weighted by molar-refractivity contribution is 0.669. The Morgan fingerprint density at radius 3 is 0.897 bits per heavy atom. The number of rotatable bonds is 16. The van der Waals surface area contributed by atoms with Gasteiger partial charge >= 0.3 is 0 Å². The molecule has 0 aliphatic rings. The Kier molecular flexibility index (Phi) is 17.2. The van der Waals surface area contributed by atoms with Crippen LogP contribution in [0.5, 0.6) is 0 Å². The normalized spacial score (nSPS) is 11.4. The molecule has 0 aliphatic carbocycles. The molecule has 21 aromatic rings. The molecule has 21 rings (SSSR count). The predicted octanol–water partition coefficient (Wildman–Crippen LogP) is 25.5. The summed E-state index contributed by atoms with van der Waals surface area (Å²) in [6.07, 6.45) is 0. The van der Waals surface area contributed by atoms with Crippen molar-refractivity contribution in [1.82, 2.24) is 55.1 Å². The van der Waals surface area contributed by atoms with Gasteiger partial charge in [0.15, 0.2) is 52.4 Å². The van der Waals surface area contributed by atoms with Crippen molar-refractivity contribution >= 4 is 43.9 Å². The Labute approximate surface area is 666 Å². The molecule has 0 fully saturated rings. The average Bonchev–Trinajstić information content (AvgIpc) is 1.64. The summed E-state index contributed by atoms with van der Waals surface area (Å²) in [6, 6.07) is 130. The van der Waals surface area contributed by atoms with E-state index in [1.807, 2.05) is 200 Å². The van der Waals surface area contributed by atoms with Crippen molar-refractivity contribution in [3.8, 4) is 181 Å². The summed E-state index contributed by atoms with van der Waals surface area (Å²) in [5.74, 6) is 4.90. The minimum absolute atomic E-state index is 0.477. The van der Waals surface area contributed by atoms with Gasteiger partial charge in [-0.3, -0.25) is 0 Å². The molecular formula is C103H63N11O2. The van der Waals surface area contributed by atoms with Crippen LogP contribution in [0.3, 0.4) is 0 Å². The van der Waals surface area contributed by atoms with Crippen molar-refractivity contribution in [3.63, 3.8) is 0 Å². The van der Waals surface area contributed by atoms with Gasteiger partial charge in [0.1, 0.15) is 22.3 Å². The molecule has 0 N–H and O–H groups in total. The molecule has 15 aromatic carbocycles. The maximum atomic E-state index is 7.24. The third-order valence-electron chi connectivity index (χ3n) is 21.2. The summed E-state index contributed by atoms with van der Waals surface area (Å²) in [7, 11) is 0. The smallest absolute Gasteiger partial charge is 0.168 e. The summed E-state index contributed by atoms with van der Waals surface area (Å²) >= 11 is 0. The third-order valence-corrected chi connectivity index (χ3v) is 21.2. The van der Waals surface area contributed by atoms with Gasteiger partial charge in [-0.2, -0.15) is 0 Å². The number of furan rings is 2. The van der Waals surface area contributed by atoms with Crippen molar-refractivity contribution in [3.05, 3.63) is 382 Å². The van der Waals surface area contributed by atoms with Crippen molar-refractivity contribution in [2.24, 2.45) is 0 Å². The van der Waals surface area contributed by atoms with E-state index in [4.69, 9.17) is 58.8 Å². The zero-order chi connectivity index (χ0) is 76.8. The number of benzene rings is 15. The van der Waals surface area contributed by atoms with Crippen LogP contribution in [-0.2, 0) is 0 Å². The highest BCUT2D eigenvalue weighted by molar-refractivity contribution is 6.14. The van der Waals surface area contributed by atoms with Crippen LogP contribution in [0.25, 0.3) is 225 Å². The first-order valence-corrected chi connectivity index (χ1v) is 38.4. The van der Waals surface area contributed by atoms with Crippen LogP contribution in [0.1, 0.15) is 0 Å². The zero-order valence-corrected chi connectivity index (χ0v) is 62.1. The Bertz CT molecular complexity index is 7200. The molecule has 0 radical (unpaired) electrons. The van der Waals surface area contributed by atoms with E-state index in [0.29, 0.717) is 58.0 Å². The van der Waals surface area contributed by atoms with Gasteiger partial charge in [-0.15, -0.1) is 10.2 Å². The van der Waals surface area contributed by atoms with Crippen LogP contribution in [0, 0.1) is 0 Å². The van der Waals surface area contributed by atoms with Crippen molar-refractivity contribution in [2.75, 3.05) is 0 Å². The average molecular weight is 1490 g/mol. The van der Waals surface area contributed by atoms with Gasteiger partial charge in [-0.25, -0.2) is 44.9 Å². The molecule has 0 unspecified atom stereocenters. The first kappa shape index (κ1) is 68.1. The number of para-hydroxylation sites is 1. The van der Waals surface area contributed by atoms with Gasteiger partial charge < -0.3 is 8.83 Å². The molecule has 116 heavy (non-hydrogen) atoms. The molecule has 13 nitrogen and oxygen atoms in total. The van der Waals surface area contributed by atoms with E-state index in [2.05, 4.69) is 187 Å². The summed E-state index contributed by atoms with van der Waals surface area (Å²) in [5.41, 5.74) is 23.8. The first-order chi connectivity index (χ1) is 57.4. The number of aromatic nitrogens is 11. The standard InChI is InChI=1S/C103H63N11O2/c1-7-23-64(24-8-1)76-35-21-37-79(61-76)102-109-98(73-33-17-6-18-34-73)111-103(112-102)92-82(56-58-85-83-39-19-20-40-89(83)115-94(85)92)66-43-51-75(52-44-66)100-107-97(72-31-15-5-16-32-72)108-101(110-100)80-38-22-36-77(62-80)78-53-54-84-86-57-55-81(65-41-49-74(50-42-65)99-105-95(70-27-11-3-12-28-70)104-96(106-99)71-29-13-4-14-30-71)91(93(86)116-90(84)63-78)69-47-45-68(46-48-69)88-60-59-87(113-114-88)67-25-9-2-10-26-67/h1-63H. The highest BCUT2D eigenvalue weighted by atomic mass is 16.3. The first-order valence-electron chi connectivity index (χ1n) is 38.4. The van der Waals surface area contributed by atoms with Gasteiger partial charge in [0.25, 0.3) is 0 Å². The van der Waals surface area contributed by atoms with E-state index in [1.165, 1.54) is 0 Å². The lowest BCUT2D eigenvalue weighted by Crippen LogP contribution is -2.02.